The predicted octanol–water partition coefficient (Wildman–Crippen LogP) is 1.04. The molecule has 0 aromatic heterocycles. The summed E-state index contributed by atoms with van der Waals surface area (Å²) in [7, 11) is 0. The summed E-state index contributed by atoms with van der Waals surface area (Å²) in [5.74, 6) is -1.38. The monoisotopic (exact) mass is 251 g/mol. The second-order valence-electron chi connectivity index (χ2n) is 4.99. The van der Waals surface area contributed by atoms with Crippen molar-refractivity contribution >= 4 is 11.8 Å². The summed E-state index contributed by atoms with van der Waals surface area (Å²) in [4.78, 5) is 25.1. The Morgan fingerprint density at radius 3 is 2.67 bits per heavy atom. The zero-order chi connectivity index (χ0) is 13.7. The van der Waals surface area contributed by atoms with Crippen LogP contribution in [0.4, 0.5) is 0 Å². The standard InChI is InChI=1S/C13H21N3O2/c1-3-4-10(7-14)13(18)16-8-11(12(15)17)6-5-9(16)2/h9-11H,3-6,8H2,1-2H3,(H2,15,17). The highest BCUT2D eigenvalue weighted by atomic mass is 16.2. The fourth-order valence-corrected chi connectivity index (χ4v) is 2.38. The molecule has 3 unspecified atom stereocenters. The van der Waals surface area contributed by atoms with Crippen molar-refractivity contribution in [2.75, 3.05) is 6.54 Å². The molecule has 0 aromatic carbocycles. The lowest BCUT2D eigenvalue weighted by atomic mass is 9.91. The number of likely N-dealkylation sites (tertiary alicyclic amines) is 1. The molecule has 0 bridgehead atoms. The molecule has 0 saturated carbocycles. The molecule has 2 amide bonds. The van der Waals surface area contributed by atoms with Gasteiger partial charge in [-0.2, -0.15) is 5.26 Å². The van der Waals surface area contributed by atoms with E-state index >= 15 is 0 Å². The molecule has 0 spiro atoms. The van der Waals surface area contributed by atoms with E-state index in [0.717, 1.165) is 19.3 Å². The smallest absolute Gasteiger partial charge is 0.240 e. The number of carbonyl (C=O) groups excluding carboxylic acids is 2. The number of hydrogen-bond acceptors (Lipinski definition) is 3. The van der Waals surface area contributed by atoms with Crippen molar-refractivity contribution in [3.05, 3.63) is 0 Å². The van der Waals surface area contributed by atoms with Crippen LogP contribution in [0.1, 0.15) is 39.5 Å². The summed E-state index contributed by atoms with van der Waals surface area (Å²) < 4.78 is 0. The Kier molecular flexibility index (Phi) is 5.14. The molecule has 3 atom stereocenters. The van der Waals surface area contributed by atoms with E-state index in [1.165, 1.54) is 0 Å². The van der Waals surface area contributed by atoms with Gasteiger partial charge in [0, 0.05) is 12.6 Å². The van der Waals surface area contributed by atoms with Gasteiger partial charge in [-0.1, -0.05) is 13.3 Å². The summed E-state index contributed by atoms with van der Waals surface area (Å²) in [5.41, 5.74) is 5.30. The van der Waals surface area contributed by atoms with Crippen LogP contribution in [-0.4, -0.2) is 29.3 Å². The third kappa shape index (κ3) is 3.22. The molecule has 1 aliphatic heterocycles. The van der Waals surface area contributed by atoms with E-state index in [1.54, 1.807) is 4.90 Å². The van der Waals surface area contributed by atoms with Gasteiger partial charge in [0.05, 0.1) is 12.0 Å². The topological polar surface area (TPSA) is 87.2 Å². The van der Waals surface area contributed by atoms with Crippen molar-refractivity contribution < 1.29 is 9.59 Å². The molecule has 0 radical (unpaired) electrons. The van der Waals surface area contributed by atoms with Crippen LogP contribution in [0.25, 0.3) is 0 Å². The predicted molar refractivity (Wildman–Crippen MR) is 67.1 cm³/mol. The van der Waals surface area contributed by atoms with Gasteiger partial charge in [-0.25, -0.2) is 0 Å². The number of rotatable bonds is 4. The Labute approximate surface area is 108 Å². The summed E-state index contributed by atoms with van der Waals surface area (Å²) in [6.07, 6.45) is 2.86. The first-order chi connectivity index (χ1) is 8.51. The molecule has 1 heterocycles. The van der Waals surface area contributed by atoms with E-state index in [4.69, 9.17) is 11.0 Å². The van der Waals surface area contributed by atoms with Crippen LogP contribution < -0.4 is 5.73 Å². The Balaban J connectivity index is 2.75. The third-order valence-corrected chi connectivity index (χ3v) is 3.60. The van der Waals surface area contributed by atoms with E-state index in [1.807, 2.05) is 13.8 Å². The minimum Gasteiger partial charge on any atom is -0.369 e. The Morgan fingerprint density at radius 1 is 1.50 bits per heavy atom. The number of amides is 2. The Bertz CT molecular complexity index is 362. The highest BCUT2D eigenvalue weighted by Gasteiger charge is 2.34. The first kappa shape index (κ1) is 14.5. The van der Waals surface area contributed by atoms with Crippen LogP contribution in [0.15, 0.2) is 0 Å². The highest BCUT2D eigenvalue weighted by Crippen LogP contribution is 2.24. The first-order valence-corrected chi connectivity index (χ1v) is 6.50. The van der Waals surface area contributed by atoms with Gasteiger partial charge in [0.25, 0.3) is 0 Å². The second kappa shape index (κ2) is 6.39. The van der Waals surface area contributed by atoms with E-state index in [9.17, 15) is 9.59 Å². The zero-order valence-electron chi connectivity index (χ0n) is 11.1. The summed E-state index contributed by atoms with van der Waals surface area (Å²) in [6.45, 7) is 4.26. The van der Waals surface area contributed by atoms with Crippen LogP contribution >= 0.6 is 0 Å². The van der Waals surface area contributed by atoms with Gasteiger partial charge in [0.1, 0.15) is 5.92 Å². The fourth-order valence-electron chi connectivity index (χ4n) is 2.38. The SMILES string of the molecule is CCCC(C#N)C(=O)N1CC(C(N)=O)CCC1C. The lowest BCUT2D eigenvalue weighted by molar-refractivity contribution is -0.140. The molecular weight excluding hydrogens is 230 g/mol. The minimum atomic E-state index is -0.593. The number of hydrogen-bond donors (Lipinski definition) is 1. The van der Waals surface area contributed by atoms with Crippen molar-refractivity contribution in [2.24, 2.45) is 17.6 Å². The van der Waals surface area contributed by atoms with E-state index in [-0.39, 0.29) is 23.8 Å². The normalized spacial score (nSPS) is 25.3. The lowest BCUT2D eigenvalue weighted by Crippen LogP contribution is -2.50. The van der Waals surface area contributed by atoms with Crippen LogP contribution in [0, 0.1) is 23.2 Å². The van der Waals surface area contributed by atoms with Gasteiger partial charge in [-0.05, 0) is 26.2 Å². The van der Waals surface area contributed by atoms with Gasteiger partial charge < -0.3 is 10.6 Å². The fraction of sp³-hybridized carbons (Fsp3) is 0.769. The Hall–Kier alpha value is -1.57. The molecule has 100 valence electrons. The van der Waals surface area contributed by atoms with Crippen molar-refractivity contribution in [3.8, 4) is 6.07 Å². The molecule has 5 heteroatoms. The number of nitrogens with zero attached hydrogens (tertiary/aromatic N) is 2. The quantitative estimate of drug-likeness (QED) is 0.809. The van der Waals surface area contributed by atoms with Crippen LogP contribution in [0.2, 0.25) is 0 Å². The van der Waals surface area contributed by atoms with Gasteiger partial charge in [0.15, 0.2) is 0 Å². The van der Waals surface area contributed by atoms with Gasteiger partial charge in [-0.15, -0.1) is 0 Å². The average molecular weight is 251 g/mol. The number of nitrogens with two attached hydrogens (primary N) is 1. The van der Waals surface area contributed by atoms with Crippen LogP contribution in [0.5, 0.6) is 0 Å². The van der Waals surface area contributed by atoms with E-state index in [0.29, 0.717) is 13.0 Å². The average Bonchev–Trinajstić information content (AvgIpc) is 2.35. The molecule has 1 saturated heterocycles. The largest absolute Gasteiger partial charge is 0.369 e. The molecule has 0 aromatic rings. The van der Waals surface area contributed by atoms with Gasteiger partial charge >= 0.3 is 0 Å². The molecule has 1 fully saturated rings. The number of nitriles is 1. The van der Waals surface area contributed by atoms with Crippen molar-refractivity contribution in [2.45, 2.75) is 45.6 Å². The maximum absolute atomic E-state index is 12.2. The maximum atomic E-state index is 12.2. The molecule has 1 rings (SSSR count). The molecule has 1 aliphatic rings. The summed E-state index contributed by atoms with van der Waals surface area (Å²) in [5, 5.41) is 9.03. The summed E-state index contributed by atoms with van der Waals surface area (Å²) >= 11 is 0. The molecular formula is C13H21N3O2. The minimum absolute atomic E-state index is 0.0841. The maximum Gasteiger partial charge on any atom is 0.240 e. The first-order valence-electron chi connectivity index (χ1n) is 6.50. The Morgan fingerprint density at radius 2 is 2.17 bits per heavy atom. The number of primary amides is 1. The molecule has 5 nitrogen and oxygen atoms in total. The van der Waals surface area contributed by atoms with Crippen LogP contribution in [0.3, 0.4) is 0 Å². The van der Waals surface area contributed by atoms with Crippen LogP contribution in [-0.2, 0) is 9.59 Å². The van der Waals surface area contributed by atoms with Crippen molar-refractivity contribution in [1.82, 2.24) is 4.90 Å². The van der Waals surface area contributed by atoms with Crippen molar-refractivity contribution in [1.29, 1.82) is 5.26 Å². The number of carbonyl (C=O) groups is 2. The molecule has 0 aliphatic carbocycles. The van der Waals surface area contributed by atoms with E-state index in [2.05, 4.69) is 6.07 Å². The molecule has 2 N–H and O–H groups in total. The third-order valence-electron chi connectivity index (χ3n) is 3.60. The second-order valence-corrected chi connectivity index (χ2v) is 4.99. The van der Waals surface area contributed by atoms with Crippen molar-refractivity contribution in [3.63, 3.8) is 0 Å². The molecule has 18 heavy (non-hydrogen) atoms. The van der Waals surface area contributed by atoms with Gasteiger partial charge in [0.2, 0.25) is 11.8 Å². The van der Waals surface area contributed by atoms with E-state index < -0.39 is 5.92 Å². The highest BCUT2D eigenvalue weighted by molar-refractivity contribution is 5.83. The number of piperidine rings is 1. The van der Waals surface area contributed by atoms with Gasteiger partial charge in [-0.3, -0.25) is 9.59 Å². The summed E-state index contributed by atoms with van der Waals surface area (Å²) in [6, 6.07) is 2.14. The zero-order valence-corrected chi connectivity index (χ0v) is 11.1. The lowest BCUT2D eigenvalue weighted by Gasteiger charge is -2.37.